The molecule has 0 aromatic carbocycles. The molecule has 1 saturated heterocycles. The van der Waals surface area contributed by atoms with E-state index < -0.39 is 0 Å². The average molecular weight is 287 g/mol. The molecule has 0 bridgehead atoms. The smallest absolute Gasteiger partial charge is 0.257 e. The molecule has 0 spiro atoms. The van der Waals surface area contributed by atoms with E-state index in [0.29, 0.717) is 30.3 Å². The number of carbonyl (C=O) groups is 1. The lowest BCUT2D eigenvalue weighted by atomic mass is 10.2. The van der Waals surface area contributed by atoms with Crippen LogP contribution in [-0.2, 0) is 0 Å². The molecule has 1 unspecified atom stereocenters. The topological polar surface area (TPSA) is 68.5 Å². The van der Waals surface area contributed by atoms with Crippen LogP contribution in [0.25, 0.3) is 0 Å². The van der Waals surface area contributed by atoms with Crippen molar-refractivity contribution in [3.05, 3.63) is 41.5 Å². The number of furan rings is 1. The van der Waals surface area contributed by atoms with Crippen LogP contribution in [0.4, 0.5) is 0 Å². The van der Waals surface area contributed by atoms with Crippen molar-refractivity contribution in [2.24, 2.45) is 0 Å². The van der Waals surface area contributed by atoms with Gasteiger partial charge >= 0.3 is 0 Å². The molecule has 1 aliphatic rings. The Hall–Kier alpha value is -2.37. The fourth-order valence-corrected chi connectivity index (χ4v) is 2.54. The van der Waals surface area contributed by atoms with Gasteiger partial charge in [-0.15, -0.1) is 5.10 Å². The summed E-state index contributed by atoms with van der Waals surface area (Å²) in [6.07, 6.45) is 2.35. The van der Waals surface area contributed by atoms with Gasteiger partial charge in [-0.3, -0.25) is 4.79 Å². The molecule has 6 heteroatoms. The summed E-state index contributed by atoms with van der Waals surface area (Å²) < 4.78 is 11.2. The van der Waals surface area contributed by atoms with Crippen LogP contribution in [0.5, 0.6) is 5.88 Å². The Balaban J connectivity index is 1.64. The second-order valence-corrected chi connectivity index (χ2v) is 5.17. The predicted molar refractivity (Wildman–Crippen MR) is 75.2 cm³/mol. The molecule has 0 saturated carbocycles. The number of aromatic nitrogens is 2. The molecule has 3 heterocycles. The van der Waals surface area contributed by atoms with Gasteiger partial charge in [0.25, 0.3) is 5.91 Å². The third kappa shape index (κ3) is 2.89. The first kappa shape index (κ1) is 13.6. The van der Waals surface area contributed by atoms with E-state index in [-0.39, 0.29) is 12.0 Å². The van der Waals surface area contributed by atoms with Crippen LogP contribution >= 0.6 is 0 Å². The lowest BCUT2D eigenvalue weighted by Gasteiger charge is -2.16. The second kappa shape index (κ2) is 5.55. The van der Waals surface area contributed by atoms with Crippen LogP contribution in [0.15, 0.2) is 28.8 Å². The van der Waals surface area contributed by atoms with Gasteiger partial charge in [-0.2, -0.15) is 5.10 Å². The van der Waals surface area contributed by atoms with Crippen molar-refractivity contribution in [2.45, 2.75) is 26.4 Å². The first-order valence-electron chi connectivity index (χ1n) is 6.94. The first-order valence-corrected chi connectivity index (χ1v) is 6.94. The summed E-state index contributed by atoms with van der Waals surface area (Å²) in [5.41, 5.74) is 0.632. The average Bonchev–Trinajstić information content (AvgIpc) is 3.06. The maximum Gasteiger partial charge on any atom is 0.257 e. The number of amides is 1. The third-order valence-corrected chi connectivity index (χ3v) is 3.54. The summed E-state index contributed by atoms with van der Waals surface area (Å²) in [7, 11) is 0. The molecule has 0 N–H and O–H groups in total. The monoisotopic (exact) mass is 287 g/mol. The molecule has 0 aliphatic carbocycles. The highest BCUT2D eigenvalue weighted by Crippen LogP contribution is 2.21. The van der Waals surface area contributed by atoms with Gasteiger partial charge < -0.3 is 14.1 Å². The first-order chi connectivity index (χ1) is 10.1. The molecule has 3 rings (SSSR count). The fraction of sp³-hybridized carbons (Fsp3) is 0.400. The van der Waals surface area contributed by atoms with Gasteiger partial charge in [0.05, 0.1) is 12.1 Å². The molecule has 110 valence electrons. The van der Waals surface area contributed by atoms with Crippen molar-refractivity contribution >= 4 is 5.91 Å². The van der Waals surface area contributed by atoms with E-state index in [0.717, 1.165) is 12.2 Å². The second-order valence-electron chi connectivity index (χ2n) is 5.17. The number of hydrogen-bond acceptors (Lipinski definition) is 5. The minimum Gasteiger partial charge on any atom is -0.471 e. The molecule has 1 amide bonds. The standard InChI is InChI=1S/C15H17N3O3/c1-10-8-13(11(2)20-10)15(19)18-7-5-12(9-18)21-14-4-3-6-16-17-14/h3-4,6,8,12H,5,7,9H2,1-2H3. The highest BCUT2D eigenvalue weighted by Gasteiger charge is 2.30. The Morgan fingerprint density at radius 3 is 3.00 bits per heavy atom. The van der Waals surface area contributed by atoms with E-state index in [9.17, 15) is 4.79 Å². The van der Waals surface area contributed by atoms with Crippen molar-refractivity contribution in [1.82, 2.24) is 15.1 Å². The van der Waals surface area contributed by atoms with E-state index in [1.807, 2.05) is 13.8 Å². The molecule has 2 aromatic rings. The normalized spacial score (nSPS) is 18.0. The largest absolute Gasteiger partial charge is 0.471 e. The lowest BCUT2D eigenvalue weighted by Crippen LogP contribution is -2.31. The lowest BCUT2D eigenvalue weighted by molar-refractivity contribution is 0.0769. The van der Waals surface area contributed by atoms with Crippen LogP contribution < -0.4 is 4.74 Å². The zero-order chi connectivity index (χ0) is 14.8. The summed E-state index contributed by atoms with van der Waals surface area (Å²) in [4.78, 5) is 14.3. The van der Waals surface area contributed by atoms with E-state index in [2.05, 4.69) is 10.2 Å². The molecular weight excluding hydrogens is 270 g/mol. The van der Waals surface area contributed by atoms with Crippen LogP contribution in [0, 0.1) is 13.8 Å². The highest BCUT2D eigenvalue weighted by molar-refractivity contribution is 5.95. The van der Waals surface area contributed by atoms with E-state index >= 15 is 0 Å². The van der Waals surface area contributed by atoms with Crippen molar-refractivity contribution in [3.63, 3.8) is 0 Å². The number of aryl methyl sites for hydroxylation is 2. The van der Waals surface area contributed by atoms with E-state index in [4.69, 9.17) is 9.15 Å². The number of hydrogen-bond donors (Lipinski definition) is 0. The predicted octanol–water partition coefficient (Wildman–Crippen LogP) is 1.98. The Labute approximate surface area is 122 Å². The molecular formula is C15H17N3O3. The third-order valence-electron chi connectivity index (χ3n) is 3.54. The minimum absolute atomic E-state index is 0.00500. The molecule has 6 nitrogen and oxygen atoms in total. The number of carbonyl (C=O) groups excluding carboxylic acids is 1. The Morgan fingerprint density at radius 1 is 1.48 bits per heavy atom. The van der Waals surface area contributed by atoms with Gasteiger partial charge in [0.1, 0.15) is 17.6 Å². The molecule has 1 atom stereocenters. The van der Waals surface area contributed by atoms with Gasteiger partial charge in [-0.05, 0) is 26.0 Å². The van der Waals surface area contributed by atoms with Gasteiger partial charge in [0.2, 0.25) is 5.88 Å². The SMILES string of the molecule is Cc1cc(C(=O)N2CCC(Oc3cccnn3)C2)c(C)o1. The molecule has 1 fully saturated rings. The van der Waals surface area contributed by atoms with Crippen molar-refractivity contribution in [3.8, 4) is 5.88 Å². The van der Waals surface area contributed by atoms with Gasteiger partial charge in [0, 0.05) is 25.2 Å². The summed E-state index contributed by atoms with van der Waals surface area (Å²) in [5.74, 6) is 1.90. The van der Waals surface area contributed by atoms with Crippen LogP contribution in [0.3, 0.4) is 0 Å². The Morgan fingerprint density at radius 2 is 2.33 bits per heavy atom. The maximum atomic E-state index is 12.5. The van der Waals surface area contributed by atoms with E-state index in [1.54, 1.807) is 29.3 Å². The van der Waals surface area contributed by atoms with E-state index in [1.165, 1.54) is 0 Å². The van der Waals surface area contributed by atoms with Gasteiger partial charge in [-0.25, -0.2) is 0 Å². The number of rotatable bonds is 3. The zero-order valence-corrected chi connectivity index (χ0v) is 12.1. The molecule has 21 heavy (non-hydrogen) atoms. The summed E-state index contributed by atoms with van der Waals surface area (Å²) in [5, 5.41) is 7.67. The highest BCUT2D eigenvalue weighted by atomic mass is 16.5. The minimum atomic E-state index is -0.0426. The summed E-state index contributed by atoms with van der Waals surface area (Å²) in [6, 6.07) is 5.33. The molecule has 0 radical (unpaired) electrons. The molecule has 1 aliphatic heterocycles. The van der Waals surface area contributed by atoms with Crippen LogP contribution in [-0.4, -0.2) is 40.2 Å². The number of likely N-dealkylation sites (tertiary alicyclic amines) is 1. The Bertz CT molecular complexity index is 639. The van der Waals surface area contributed by atoms with Crippen molar-refractivity contribution < 1.29 is 13.9 Å². The zero-order valence-electron chi connectivity index (χ0n) is 12.1. The Kier molecular flexibility index (Phi) is 3.60. The maximum absolute atomic E-state index is 12.5. The van der Waals surface area contributed by atoms with Crippen molar-refractivity contribution in [1.29, 1.82) is 0 Å². The number of nitrogens with zero attached hydrogens (tertiary/aromatic N) is 3. The van der Waals surface area contributed by atoms with Gasteiger partial charge in [0.15, 0.2) is 0 Å². The summed E-state index contributed by atoms with van der Waals surface area (Å²) in [6.45, 7) is 4.88. The van der Waals surface area contributed by atoms with Gasteiger partial charge in [-0.1, -0.05) is 0 Å². The van der Waals surface area contributed by atoms with Crippen LogP contribution in [0.1, 0.15) is 28.3 Å². The van der Waals surface area contributed by atoms with Crippen LogP contribution in [0.2, 0.25) is 0 Å². The van der Waals surface area contributed by atoms with Crippen molar-refractivity contribution in [2.75, 3.05) is 13.1 Å². The molecule has 2 aromatic heterocycles. The number of ether oxygens (including phenoxy) is 1. The quantitative estimate of drug-likeness (QED) is 0.863. The fourth-order valence-electron chi connectivity index (χ4n) is 2.54. The summed E-state index contributed by atoms with van der Waals surface area (Å²) >= 11 is 0.